The molecule has 1 amide bonds. The number of nitrogens with one attached hydrogen (secondary N) is 1. The Morgan fingerprint density at radius 3 is 2.39 bits per heavy atom. The zero-order chi connectivity index (χ0) is 17.1. The summed E-state index contributed by atoms with van der Waals surface area (Å²) in [6.07, 6.45) is 1.56. The molecule has 0 saturated heterocycles. The Labute approximate surface area is 137 Å². The Kier molecular flexibility index (Phi) is 4.97. The van der Waals surface area contributed by atoms with Gasteiger partial charge in [0.15, 0.2) is 0 Å². The molecule has 2 rings (SSSR count). The third kappa shape index (κ3) is 4.03. The summed E-state index contributed by atoms with van der Waals surface area (Å²) in [5.41, 5.74) is -0.469. The van der Waals surface area contributed by atoms with E-state index in [1.807, 2.05) is 30.3 Å². The van der Waals surface area contributed by atoms with E-state index in [1.165, 1.54) is 7.11 Å². The highest BCUT2D eigenvalue weighted by Gasteiger charge is 2.55. The first-order valence-corrected chi connectivity index (χ1v) is 7.90. The summed E-state index contributed by atoms with van der Waals surface area (Å²) in [5, 5.41) is 2.77. The van der Waals surface area contributed by atoms with Crippen molar-refractivity contribution in [2.24, 2.45) is 5.92 Å². The Balaban J connectivity index is 2.13. The van der Waals surface area contributed by atoms with E-state index in [2.05, 4.69) is 5.32 Å². The van der Waals surface area contributed by atoms with Crippen molar-refractivity contribution in [3.63, 3.8) is 0 Å². The first-order valence-electron chi connectivity index (χ1n) is 7.90. The number of rotatable bonds is 4. The van der Waals surface area contributed by atoms with Gasteiger partial charge in [-0.25, -0.2) is 9.59 Å². The maximum Gasteiger partial charge on any atom is 0.408 e. The molecule has 1 aliphatic rings. The molecule has 5 nitrogen and oxygen atoms in total. The Bertz CT molecular complexity index is 564. The first kappa shape index (κ1) is 17.3. The molecule has 2 atom stereocenters. The van der Waals surface area contributed by atoms with Crippen molar-refractivity contribution in [2.45, 2.75) is 51.2 Å². The van der Waals surface area contributed by atoms with Crippen LogP contribution in [0.4, 0.5) is 4.79 Å². The van der Waals surface area contributed by atoms with Gasteiger partial charge in [0, 0.05) is 0 Å². The molecule has 5 heteroatoms. The lowest BCUT2D eigenvalue weighted by molar-refractivity contribution is -0.157. The summed E-state index contributed by atoms with van der Waals surface area (Å²) in [5.74, 6) is -0.402. The van der Waals surface area contributed by atoms with Gasteiger partial charge in [-0.3, -0.25) is 0 Å². The monoisotopic (exact) mass is 319 g/mol. The fourth-order valence-corrected chi connectivity index (χ4v) is 2.96. The van der Waals surface area contributed by atoms with Gasteiger partial charge < -0.3 is 14.8 Å². The summed E-state index contributed by atoms with van der Waals surface area (Å²) in [6, 6.07) is 9.93. The third-order valence-corrected chi connectivity index (χ3v) is 4.18. The molecule has 0 radical (unpaired) electrons. The van der Waals surface area contributed by atoms with Crippen LogP contribution in [-0.4, -0.2) is 30.3 Å². The second-order valence-electron chi connectivity index (χ2n) is 7.02. The number of methoxy groups -OCH3 is 1. The average molecular weight is 319 g/mol. The SMILES string of the molecule is COC(=O)[C@@]1(NC(=O)OC(C)(C)C)CC[C@@H]1Cc1ccccc1. The molecule has 0 bridgehead atoms. The third-order valence-electron chi connectivity index (χ3n) is 4.18. The fourth-order valence-electron chi connectivity index (χ4n) is 2.96. The van der Waals surface area contributed by atoms with Gasteiger partial charge in [-0.2, -0.15) is 0 Å². The van der Waals surface area contributed by atoms with Crippen LogP contribution >= 0.6 is 0 Å². The predicted octanol–water partition coefficient (Wildman–Crippen LogP) is 3.08. The minimum absolute atomic E-state index is 0.00451. The van der Waals surface area contributed by atoms with Crippen molar-refractivity contribution >= 4 is 12.1 Å². The molecule has 0 aromatic heterocycles. The van der Waals surface area contributed by atoms with Gasteiger partial charge in [0.2, 0.25) is 0 Å². The van der Waals surface area contributed by atoms with Crippen molar-refractivity contribution in [2.75, 3.05) is 7.11 Å². The maximum atomic E-state index is 12.3. The fraction of sp³-hybridized carbons (Fsp3) is 0.556. The second-order valence-corrected chi connectivity index (χ2v) is 7.02. The van der Waals surface area contributed by atoms with Crippen LogP contribution < -0.4 is 5.32 Å². The number of ether oxygens (including phenoxy) is 2. The second kappa shape index (κ2) is 6.60. The van der Waals surface area contributed by atoms with Crippen molar-refractivity contribution in [3.05, 3.63) is 35.9 Å². The molecule has 1 N–H and O–H groups in total. The number of hydrogen-bond acceptors (Lipinski definition) is 4. The minimum Gasteiger partial charge on any atom is -0.467 e. The van der Waals surface area contributed by atoms with Gasteiger partial charge in [-0.05, 0) is 51.5 Å². The van der Waals surface area contributed by atoms with Crippen LogP contribution in [0.15, 0.2) is 30.3 Å². The summed E-state index contributed by atoms with van der Waals surface area (Å²) >= 11 is 0. The molecule has 126 valence electrons. The average Bonchev–Trinajstić information content (AvgIpc) is 2.47. The lowest BCUT2D eigenvalue weighted by atomic mass is 9.64. The zero-order valence-electron chi connectivity index (χ0n) is 14.2. The standard InChI is InChI=1S/C18H25NO4/c1-17(2,3)23-16(21)19-18(15(20)22-4)11-10-14(18)12-13-8-6-5-7-9-13/h5-9,14H,10-12H2,1-4H3,(H,19,21)/t14-,18-/m1/s1. The van der Waals surface area contributed by atoms with Gasteiger partial charge in [-0.1, -0.05) is 30.3 Å². The Morgan fingerprint density at radius 1 is 1.26 bits per heavy atom. The van der Waals surface area contributed by atoms with Gasteiger partial charge >= 0.3 is 12.1 Å². The predicted molar refractivity (Wildman–Crippen MR) is 87.0 cm³/mol. The molecule has 0 heterocycles. The quantitative estimate of drug-likeness (QED) is 0.866. The highest BCUT2D eigenvalue weighted by molar-refractivity contribution is 5.87. The van der Waals surface area contributed by atoms with Crippen LogP contribution in [0, 0.1) is 5.92 Å². The molecule has 1 saturated carbocycles. The van der Waals surface area contributed by atoms with Crippen LogP contribution in [0.1, 0.15) is 39.2 Å². The van der Waals surface area contributed by atoms with Crippen LogP contribution in [0.2, 0.25) is 0 Å². The lowest BCUT2D eigenvalue weighted by Crippen LogP contribution is -2.66. The number of hydrogen-bond donors (Lipinski definition) is 1. The highest BCUT2D eigenvalue weighted by atomic mass is 16.6. The van der Waals surface area contributed by atoms with Crippen LogP contribution in [-0.2, 0) is 20.7 Å². The van der Waals surface area contributed by atoms with E-state index in [0.29, 0.717) is 12.8 Å². The van der Waals surface area contributed by atoms with E-state index >= 15 is 0 Å². The smallest absolute Gasteiger partial charge is 0.408 e. The number of alkyl carbamates (subject to hydrolysis) is 1. The van der Waals surface area contributed by atoms with Gasteiger partial charge in [0.05, 0.1) is 7.11 Å². The van der Waals surface area contributed by atoms with E-state index in [4.69, 9.17) is 9.47 Å². The van der Waals surface area contributed by atoms with Gasteiger partial charge in [0.25, 0.3) is 0 Å². The molecular formula is C18H25NO4. The van der Waals surface area contributed by atoms with E-state index in [-0.39, 0.29) is 5.92 Å². The molecular weight excluding hydrogens is 294 g/mol. The molecule has 23 heavy (non-hydrogen) atoms. The van der Waals surface area contributed by atoms with E-state index in [1.54, 1.807) is 20.8 Å². The van der Waals surface area contributed by atoms with Gasteiger partial charge in [0.1, 0.15) is 11.1 Å². The highest BCUT2D eigenvalue weighted by Crippen LogP contribution is 2.42. The van der Waals surface area contributed by atoms with Crippen molar-refractivity contribution in [1.29, 1.82) is 0 Å². The van der Waals surface area contributed by atoms with Crippen LogP contribution in [0.5, 0.6) is 0 Å². The molecule has 1 aliphatic carbocycles. The van der Waals surface area contributed by atoms with E-state index in [9.17, 15) is 9.59 Å². The Morgan fingerprint density at radius 2 is 1.91 bits per heavy atom. The number of amides is 1. The van der Waals surface area contributed by atoms with E-state index in [0.717, 1.165) is 12.0 Å². The van der Waals surface area contributed by atoms with Crippen molar-refractivity contribution in [3.8, 4) is 0 Å². The number of benzene rings is 1. The van der Waals surface area contributed by atoms with Crippen molar-refractivity contribution < 1.29 is 19.1 Å². The largest absolute Gasteiger partial charge is 0.467 e. The van der Waals surface area contributed by atoms with Crippen LogP contribution in [0.25, 0.3) is 0 Å². The number of esters is 1. The molecule has 0 spiro atoms. The molecule has 1 aromatic carbocycles. The number of carbonyl (C=O) groups is 2. The van der Waals surface area contributed by atoms with E-state index < -0.39 is 23.2 Å². The normalized spacial score (nSPS) is 23.6. The summed E-state index contributed by atoms with van der Waals surface area (Å²) in [6.45, 7) is 5.37. The molecule has 0 aliphatic heterocycles. The number of carbonyl (C=O) groups excluding carboxylic acids is 2. The van der Waals surface area contributed by atoms with Crippen molar-refractivity contribution in [1.82, 2.24) is 5.32 Å². The Hall–Kier alpha value is -2.04. The molecule has 0 unspecified atom stereocenters. The molecule has 1 aromatic rings. The topological polar surface area (TPSA) is 64.6 Å². The minimum atomic E-state index is -0.993. The first-order chi connectivity index (χ1) is 10.8. The summed E-state index contributed by atoms with van der Waals surface area (Å²) in [4.78, 5) is 24.5. The summed E-state index contributed by atoms with van der Waals surface area (Å²) in [7, 11) is 1.35. The zero-order valence-corrected chi connectivity index (χ0v) is 14.2. The van der Waals surface area contributed by atoms with Crippen LogP contribution in [0.3, 0.4) is 0 Å². The molecule has 1 fully saturated rings. The van der Waals surface area contributed by atoms with Gasteiger partial charge in [-0.15, -0.1) is 0 Å². The lowest BCUT2D eigenvalue weighted by Gasteiger charge is -2.47. The maximum absolute atomic E-state index is 12.3. The summed E-state index contributed by atoms with van der Waals surface area (Å²) < 4.78 is 10.3.